The van der Waals surface area contributed by atoms with Gasteiger partial charge in [-0.2, -0.15) is 0 Å². The fraction of sp³-hybridized carbons (Fsp3) is 0.571. The second-order valence-corrected chi connectivity index (χ2v) is 7.50. The minimum Gasteiger partial charge on any atom is -0.395 e. The Balaban J connectivity index is 2.73. The highest BCUT2D eigenvalue weighted by atomic mass is 32.2. The van der Waals surface area contributed by atoms with Gasteiger partial charge in [0.1, 0.15) is 0 Å². The number of nitrogens with zero attached hydrogens (tertiary/aromatic N) is 1. The van der Waals surface area contributed by atoms with E-state index in [0.717, 1.165) is 5.56 Å². The largest absolute Gasteiger partial charge is 0.395 e. The summed E-state index contributed by atoms with van der Waals surface area (Å²) in [4.78, 5) is 0.286. The van der Waals surface area contributed by atoms with Crippen LogP contribution in [0, 0.1) is 5.92 Å². The predicted octanol–water partition coefficient (Wildman–Crippen LogP) is 1.04. The molecule has 6 heteroatoms. The van der Waals surface area contributed by atoms with Gasteiger partial charge in [0.15, 0.2) is 0 Å². The highest BCUT2D eigenvalue weighted by Gasteiger charge is 2.16. The van der Waals surface area contributed by atoms with E-state index in [0.29, 0.717) is 12.5 Å². The number of aliphatic hydroxyl groups is 1. The number of aliphatic hydroxyl groups excluding tert-OH is 1. The molecule has 0 aliphatic rings. The van der Waals surface area contributed by atoms with Gasteiger partial charge in [0.05, 0.1) is 11.5 Å². The van der Waals surface area contributed by atoms with Crippen molar-refractivity contribution in [1.82, 2.24) is 9.62 Å². The fourth-order valence-corrected chi connectivity index (χ4v) is 2.65. The smallest absolute Gasteiger partial charge is 0.242 e. The molecule has 1 aromatic rings. The Hall–Kier alpha value is -0.950. The lowest BCUT2D eigenvalue weighted by molar-refractivity contribution is 0.210. The van der Waals surface area contributed by atoms with E-state index in [1.165, 1.54) is 18.4 Å². The van der Waals surface area contributed by atoms with Crippen molar-refractivity contribution >= 4 is 10.0 Å². The molecule has 114 valence electrons. The van der Waals surface area contributed by atoms with Crippen LogP contribution < -0.4 is 5.32 Å². The zero-order chi connectivity index (χ0) is 15.3. The van der Waals surface area contributed by atoms with E-state index in [9.17, 15) is 13.5 Å². The van der Waals surface area contributed by atoms with Gasteiger partial charge in [-0.25, -0.2) is 12.7 Å². The van der Waals surface area contributed by atoms with E-state index < -0.39 is 10.0 Å². The Bertz CT molecular complexity index is 510. The maximum Gasteiger partial charge on any atom is 0.242 e. The molecule has 1 atom stereocenters. The summed E-state index contributed by atoms with van der Waals surface area (Å²) in [5, 5.41) is 12.5. The van der Waals surface area contributed by atoms with E-state index in [1.54, 1.807) is 24.3 Å². The zero-order valence-corrected chi connectivity index (χ0v) is 13.3. The Morgan fingerprint density at radius 2 is 1.75 bits per heavy atom. The lowest BCUT2D eigenvalue weighted by Gasteiger charge is -2.20. The van der Waals surface area contributed by atoms with Gasteiger partial charge >= 0.3 is 0 Å². The molecule has 0 heterocycles. The van der Waals surface area contributed by atoms with Crippen LogP contribution in [-0.4, -0.2) is 44.6 Å². The first-order valence-corrected chi connectivity index (χ1v) is 8.08. The van der Waals surface area contributed by atoms with Crippen molar-refractivity contribution in [2.75, 3.05) is 20.7 Å². The van der Waals surface area contributed by atoms with E-state index in [4.69, 9.17) is 0 Å². The third-order valence-corrected chi connectivity index (χ3v) is 5.10. The normalized spacial score (nSPS) is 13.9. The van der Waals surface area contributed by atoms with Crippen LogP contribution in [0.1, 0.15) is 19.4 Å². The molecule has 0 aromatic heterocycles. The van der Waals surface area contributed by atoms with Gasteiger partial charge in [-0.1, -0.05) is 26.0 Å². The first-order chi connectivity index (χ1) is 9.28. The van der Waals surface area contributed by atoms with Gasteiger partial charge in [0.25, 0.3) is 0 Å². The van der Waals surface area contributed by atoms with Crippen molar-refractivity contribution < 1.29 is 13.5 Å². The van der Waals surface area contributed by atoms with Crippen LogP contribution in [0.15, 0.2) is 29.2 Å². The summed E-state index contributed by atoms with van der Waals surface area (Å²) >= 11 is 0. The highest BCUT2D eigenvalue weighted by molar-refractivity contribution is 7.89. The van der Waals surface area contributed by atoms with E-state index in [1.807, 2.05) is 13.8 Å². The van der Waals surface area contributed by atoms with Crippen LogP contribution >= 0.6 is 0 Å². The Morgan fingerprint density at radius 1 is 1.20 bits per heavy atom. The number of benzene rings is 1. The SMILES string of the molecule is CC(C)[C@@H](CO)NCc1ccc(S(=O)(=O)N(C)C)cc1. The third kappa shape index (κ3) is 4.28. The van der Waals surface area contributed by atoms with Gasteiger partial charge in [-0.3, -0.25) is 0 Å². The molecule has 0 radical (unpaired) electrons. The number of rotatable bonds is 7. The van der Waals surface area contributed by atoms with Crippen LogP contribution in [0.3, 0.4) is 0 Å². The Kier molecular flexibility index (Phi) is 6.13. The molecule has 0 saturated carbocycles. The number of nitrogens with one attached hydrogen (secondary N) is 1. The molecular weight excluding hydrogens is 276 g/mol. The van der Waals surface area contributed by atoms with Gasteiger partial charge < -0.3 is 10.4 Å². The molecule has 2 N–H and O–H groups in total. The molecular formula is C14H24N2O3S. The van der Waals surface area contributed by atoms with Crippen molar-refractivity contribution in [1.29, 1.82) is 0 Å². The standard InChI is InChI=1S/C14H24N2O3S/c1-11(2)14(10-17)15-9-12-5-7-13(8-6-12)20(18,19)16(3)4/h5-8,11,14-15,17H,9-10H2,1-4H3/t14-/m1/s1. The maximum atomic E-state index is 11.9. The third-order valence-electron chi connectivity index (χ3n) is 3.27. The quantitative estimate of drug-likeness (QED) is 0.789. The summed E-state index contributed by atoms with van der Waals surface area (Å²) < 4.78 is 25.0. The lowest BCUT2D eigenvalue weighted by Crippen LogP contribution is -2.36. The van der Waals surface area contributed by atoms with Crippen LogP contribution in [0.4, 0.5) is 0 Å². The molecule has 0 amide bonds. The molecule has 0 saturated heterocycles. The fourth-order valence-electron chi connectivity index (χ4n) is 1.75. The molecule has 0 unspecified atom stereocenters. The Morgan fingerprint density at radius 3 is 2.15 bits per heavy atom. The van der Waals surface area contributed by atoms with E-state index in [2.05, 4.69) is 5.32 Å². The van der Waals surface area contributed by atoms with Gasteiger partial charge in [0.2, 0.25) is 10.0 Å². The van der Waals surface area contributed by atoms with Crippen molar-refractivity contribution in [3.8, 4) is 0 Å². The molecule has 0 spiro atoms. The lowest BCUT2D eigenvalue weighted by atomic mass is 10.1. The topological polar surface area (TPSA) is 69.6 Å². The number of hydrogen-bond acceptors (Lipinski definition) is 4. The molecule has 0 bridgehead atoms. The average Bonchev–Trinajstić information content (AvgIpc) is 2.39. The molecule has 5 nitrogen and oxygen atoms in total. The van der Waals surface area contributed by atoms with Crippen LogP contribution in [0.25, 0.3) is 0 Å². The maximum absolute atomic E-state index is 11.9. The van der Waals surface area contributed by atoms with Crippen LogP contribution in [0.2, 0.25) is 0 Å². The van der Waals surface area contributed by atoms with Crippen molar-refractivity contribution in [2.45, 2.75) is 31.3 Å². The summed E-state index contributed by atoms with van der Waals surface area (Å²) in [5.41, 5.74) is 0.988. The van der Waals surface area contributed by atoms with Gasteiger partial charge in [-0.05, 0) is 23.6 Å². The molecule has 20 heavy (non-hydrogen) atoms. The summed E-state index contributed by atoms with van der Waals surface area (Å²) in [6, 6.07) is 6.84. The first kappa shape index (κ1) is 17.1. The van der Waals surface area contributed by atoms with Crippen LogP contribution in [-0.2, 0) is 16.6 Å². The minimum atomic E-state index is -3.37. The summed E-state index contributed by atoms with van der Waals surface area (Å²) in [6.45, 7) is 4.78. The van der Waals surface area contributed by atoms with Crippen molar-refractivity contribution in [3.05, 3.63) is 29.8 Å². The van der Waals surface area contributed by atoms with Crippen molar-refractivity contribution in [3.63, 3.8) is 0 Å². The molecule has 0 aliphatic carbocycles. The number of hydrogen-bond donors (Lipinski definition) is 2. The zero-order valence-electron chi connectivity index (χ0n) is 12.5. The van der Waals surface area contributed by atoms with Gasteiger partial charge in [0, 0.05) is 26.7 Å². The first-order valence-electron chi connectivity index (χ1n) is 6.64. The average molecular weight is 300 g/mol. The summed E-state index contributed by atoms with van der Waals surface area (Å²) in [7, 11) is -0.344. The minimum absolute atomic E-state index is 0.0418. The van der Waals surface area contributed by atoms with E-state index in [-0.39, 0.29) is 17.5 Å². The predicted molar refractivity (Wildman–Crippen MR) is 79.9 cm³/mol. The summed E-state index contributed by atoms with van der Waals surface area (Å²) in [6.07, 6.45) is 0. The molecule has 0 fully saturated rings. The Labute approximate surface area is 121 Å². The monoisotopic (exact) mass is 300 g/mol. The van der Waals surface area contributed by atoms with Gasteiger partial charge in [-0.15, -0.1) is 0 Å². The molecule has 1 aromatic carbocycles. The second-order valence-electron chi connectivity index (χ2n) is 5.35. The molecule has 1 rings (SSSR count). The van der Waals surface area contributed by atoms with E-state index >= 15 is 0 Å². The van der Waals surface area contributed by atoms with Crippen molar-refractivity contribution in [2.24, 2.45) is 5.92 Å². The second kappa shape index (κ2) is 7.17. The summed E-state index contributed by atoms with van der Waals surface area (Å²) in [5.74, 6) is 0.341. The number of sulfonamides is 1. The van der Waals surface area contributed by atoms with Crippen LogP contribution in [0.5, 0.6) is 0 Å². The highest BCUT2D eigenvalue weighted by Crippen LogP contribution is 2.14. The molecule has 0 aliphatic heterocycles.